The van der Waals surface area contributed by atoms with E-state index in [9.17, 15) is 23.6 Å². The molecule has 7 nitrogen and oxygen atoms in total. The topological polar surface area (TPSA) is 86.8 Å². The standard InChI is InChI=1S/C31H36FN3O4/c1-3-21(2)33-29(37)27(19-22-9-5-4-6-10-22)35(20-23-13-15-24(32)16-14-23)28(36)17-18-34-30(38)25-11-7-8-12-26(25)31(34)39/h4-10,13-16,21,25-27H,3,11-12,17-20H2,1-2H3,(H,33,37)/t21-,25-,26+,27-/m0/s1. The van der Waals surface area contributed by atoms with Gasteiger partial charge in [0.25, 0.3) is 0 Å². The first-order valence-corrected chi connectivity index (χ1v) is 13.7. The lowest BCUT2D eigenvalue weighted by molar-refractivity contribution is -0.144. The molecule has 0 bridgehead atoms. The zero-order valence-corrected chi connectivity index (χ0v) is 22.5. The van der Waals surface area contributed by atoms with Gasteiger partial charge >= 0.3 is 0 Å². The number of halogens is 1. The van der Waals surface area contributed by atoms with Crippen molar-refractivity contribution in [3.05, 3.63) is 83.7 Å². The lowest BCUT2D eigenvalue weighted by Crippen LogP contribution is -2.52. The summed E-state index contributed by atoms with van der Waals surface area (Å²) in [5.74, 6) is -2.22. The first-order valence-electron chi connectivity index (χ1n) is 13.7. The molecule has 1 N–H and O–H groups in total. The summed E-state index contributed by atoms with van der Waals surface area (Å²) in [6.07, 6.45) is 5.83. The number of carbonyl (C=O) groups excluding carboxylic acids is 4. The fraction of sp³-hybridized carbons (Fsp3) is 0.419. The number of likely N-dealkylation sites (tertiary alicyclic amines) is 1. The number of hydrogen-bond acceptors (Lipinski definition) is 4. The summed E-state index contributed by atoms with van der Waals surface area (Å²) in [6, 6.07) is 14.3. The maximum absolute atomic E-state index is 13.8. The Morgan fingerprint density at radius 3 is 2.18 bits per heavy atom. The summed E-state index contributed by atoms with van der Waals surface area (Å²) in [5.41, 5.74) is 1.56. The predicted octanol–water partition coefficient (Wildman–Crippen LogP) is 4.02. The molecule has 0 spiro atoms. The van der Waals surface area contributed by atoms with Gasteiger partial charge in [-0.1, -0.05) is 61.5 Å². The smallest absolute Gasteiger partial charge is 0.243 e. The Hall–Kier alpha value is -3.81. The Labute approximate surface area is 229 Å². The number of hydrogen-bond donors (Lipinski definition) is 1. The molecule has 8 heteroatoms. The summed E-state index contributed by atoms with van der Waals surface area (Å²) in [4.78, 5) is 55.9. The van der Waals surface area contributed by atoms with Crippen molar-refractivity contribution in [2.45, 2.75) is 64.6 Å². The minimum atomic E-state index is -0.837. The first-order chi connectivity index (χ1) is 18.8. The molecule has 4 atom stereocenters. The third-order valence-electron chi connectivity index (χ3n) is 7.69. The average Bonchev–Trinajstić information content (AvgIpc) is 3.19. The molecular weight excluding hydrogens is 497 g/mol. The van der Waals surface area contributed by atoms with E-state index < -0.39 is 11.9 Å². The number of nitrogens with one attached hydrogen (secondary N) is 1. The maximum atomic E-state index is 13.8. The molecule has 1 aliphatic carbocycles. The molecule has 1 aliphatic heterocycles. The predicted molar refractivity (Wildman–Crippen MR) is 145 cm³/mol. The zero-order valence-electron chi connectivity index (χ0n) is 22.5. The molecule has 206 valence electrons. The molecule has 0 aromatic heterocycles. The van der Waals surface area contributed by atoms with Gasteiger partial charge in [0.1, 0.15) is 11.9 Å². The van der Waals surface area contributed by atoms with Crippen molar-refractivity contribution in [3.8, 4) is 0 Å². The summed E-state index contributed by atoms with van der Waals surface area (Å²) in [5, 5.41) is 3.01. The molecule has 1 fully saturated rings. The molecule has 4 rings (SSSR count). The van der Waals surface area contributed by atoms with E-state index in [4.69, 9.17) is 0 Å². The van der Waals surface area contributed by atoms with Crippen LogP contribution in [0.1, 0.15) is 50.7 Å². The number of fused-ring (bicyclic) bond motifs is 1. The van der Waals surface area contributed by atoms with Crippen LogP contribution in [0.3, 0.4) is 0 Å². The van der Waals surface area contributed by atoms with Crippen LogP contribution < -0.4 is 5.32 Å². The van der Waals surface area contributed by atoms with Gasteiger partial charge in [-0.3, -0.25) is 24.1 Å². The van der Waals surface area contributed by atoms with Crippen molar-refractivity contribution in [3.63, 3.8) is 0 Å². The van der Waals surface area contributed by atoms with E-state index in [1.54, 1.807) is 12.1 Å². The van der Waals surface area contributed by atoms with Crippen LogP contribution in [-0.2, 0) is 32.1 Å². The fourth-order valence-electron chi connectivity index (χ4n) is 5.22. The van der Waals surface area contributed by atoms with E-state index in [0.717, 1.165) is 12.0 Å². The van der Waals surface area contributed by atoms with Gasteiger partial charge in [0, 0.05) is 32.0 Å². The Morgan fingerprint density at radius 2 is 1.59 bits per heavy atom. The van der Waals surface area contributed by atoms with Gasteiger partial charge < -0.3 is 10.2 Å². The number of nitrogens with zero attached hydrogens (tertiary/aromatic N) is 2. The van der Waals surface area contributed by atoms with Crippen LogP contribution in [0.4, 0.5) is 4.39 Å². The third-order valence-corrected chi connectivity index (χ3v) is 7.69. The van der Waals surface area contributed by atoms with E-state index in [1.807, 2.05) is 56.3 Å². The minimum Gasteiger partial charge on any atom is -0.352 e. The summed E-state index contributed by atoms with van der Waals surface area (Å²) in [7, 11) is 0. The van der Waals surface area contributed by atoms with Crippen molar-refractivity contribution in [2.75, 3.05) is 6.54 Å². The second-order valence-electron chi connectivity index (χ2n) is 10.4. The number of amides is 4. The highest BCUT2D eigenvalue weighted by molar-refractivity contribution is 6.05. The van der Waals surface area contributed by atoms with Crippen molar-refractivity contribution in [2.24, 2.45) is 11.8 Å². The van der Waals surface area contributed by atoms with Gasteiger partial charge in [-0.15, -0.1) is 0 Å². The van der Waals surface area contributed by atoms with Crippen molar-refractivity contribution in [1.82, 2.24) is 15.1 Å². The number of carbonyl (C=O) groups is 4. The molecule has 2 aromatic rings. The molecule has 0 radical (unpaired) electrons. The van der Waals surface area contributed by atoms with Crippen LogP contribution in [0.15, 0.2) is 66.7 Å². The summed E-state index contributed by atoms with van der Waals surface area (Å²) >= 11 is 0. The van der Waals surface area contributed by atoms with Crippen LogP contribution in [0, 0.1) is 17.7 Å². The quantitative estimate of drug-likeness (QED) is 0.349. The van der Waals surface area contributed by atoms with Crippen LogP contribution in [-0.4, -0.2) is 52.1 Å². The normalized spacial score (nSPS) is 19.9. The van der Waals surface area contributed by atoms with E-state index in [1.165, 1.54) is 21.9 Å². The van der Waals surface area contributed by atoms with Crippen LogP contribution in [0.25, 0.3) is 0 Å². The highest BCUT2D eigenvalue weighted by Gasteiger charge is 2.47. The minimum absolute atomic E-state index is 0.0333. The molecule has 4 amide bonds. The first kappa shape index (κ1) is 28.2. The molecule has 1 saturated heterocycles. The lowest BCUT2D eigenvalue weighted by atomic mass is 9.85. The molecule has 0 saturated carbocycles. The third kappa shape index (κ3) is 6.80. The Kier molecular flexibility index (Phi) is 9.28. The number of rotatable bonds is 11. The Bertz CT molecular complexity index is 1190. The molecule has 0 unspecified atom stereocenters. The highest BCUT2D eigenvalue weighted by Crippen LogP contribution is 2.35. The van der Waals surface area contributed by atoms with Crippen molar-refractivity contribution in [1.29, 1.82) is 0 Å². The van der Waals surface area contributed by atoms with Crippen molar-refractivity contribution >= 4 is 23.6 Å². The molecule has 1 heterocycles. The molecule has 39 heavy (non-hydrogen) atoms. The fourth-order valence-corrected chi connectivity index (χ4v) is 5.22. The summed E-state index contributed by atoms with van der Waals surface area (Å²) < 4.78 is 13.6. The highest BCUT2D eigenvalue weighted by atomic mass is 19.1. The van der Waals surface area contributed by atoms with Crippen molar-refractivity contribution < 1.29 is 23.6 Å². The Morgan fingerprint density at radius 1 is 0.974 bits per heavy atom. The lowest BCUT2D eigenvalue weighted by Gasteiger charge is -2.32. The second-order valence-corrected chi connectivity index (χ2v) is 10.4. The number of benzene rings is 2. The number of allylic oxidation sites excluding steroid dienone is 2. The van der Waals surface area contributed by atoms with Gasteiger partial charge in [0.15, 0.2) is 0 Å². The average molecular weight is 534 g/mol. The number of imide groups is 1. The van der Waals surface area contributed by atoms with Crippen LogP contribution in [0.5, 0.6) is 0 Å². The van der Waals surface area contributed by atoms with Gasteiger partial charge in [-0.2, -0.15) is 0 Å². The maximum Gasteiger partial charge on any atom is 0.243 e. The van der Waals surface area contributed by atoms with Crippen LogP contribution >= 0.6 is 0 Å². The zero-order chi connectivity index (χ0) is 27.9. The largest absolute Gasteiger partial charge is 0.352 e. The van der Waals surface area contributed by atoms with E-state index >= 15 is 0 Å². The molecular formula is C31H36FN3O4. The van der Waals surface area contributed by atoms with Gasteiger partial charge in [0.2, 0.25) is 23.6 Å². The van der Waals surface area contributed by atoms with Gasteiger partial charge in [-0.05, 0) is 49.4 Å². The van der Waals surface area contributed by atoms with Gasteiger partial charge in [-0.25, -0.2) is 4.39 Å². The second kappa shape index (κ2) is 12.8. The summed E-state index contributed by atoms with van der Waals surface area (Å²) in [6.45, 7) is 3.92. The molecule has 2 aliphatic rings. The molecule has 2 aromatic carbocycles. The van der Waals surface area contributed by atoms with Gasteiger partial charge in [0.05, 0.1) is 11.8 Å². The Balaban J connectivity index is 1.58. The van der Waals surface area contributed by atoms with E-state index in [-0.39, 0.29) is 67.4 Å². The van der Waals surface area contributed by atoms with E-state index in [2.05, 4.69) is 5.32 Å². The monoisotopic (exact) mass is 533 g/mol. The SMILES string of the molecule is CC[C@H](C)NC(=O)[C@H](Cc1ccccc1)N(Cc1ccc(F)cc1)C(=O)CCN1C(=O)[C@H]2CC=CC[C@H]2C1=O. The van der Waals surface area contributed by atoms with E-state index in [0.29, 0.717) is 18.4 Å². The van der Waals surface area contributed by atoms with Crippen LogP contribution in [0.2, 0.25) is 0 Å².